The van der Waals surface area contributed by atoms with E-state index in [1.165, 1.54) is 18.2 Å². The zero-order valence-corrected chi connectivity index (χ0v) is 13.9. The van der Waals surface area contributed by atoms with Gasteiger partial charge in [0.25, 0.3) is 5.91 Å². The zero-order valence-electron chi connectivity index (χ0n) is 13.9. The number of nitrogens with one attached hydrogen (secondary N) is 1. The van der Waals surface area contributed by atoms with Gasteiger partial charge in [-0.05, 0) is 36.4 Å². The molecular formula is C19H19FN2O3. The summed E-state index contributed by atoms with van der Waals surface area (Å²) >= 11 is 0. The van der Waals surface area contributed by atoms with E-state index >= 15 is 0 Å². The summed E-state index contributed by atoms with van der Waals surface area (Å²) in [4.78, 5) is 26.0. The number of carbonyl (C=O) groups excluding carboxylic acids is 2. The average Bonchev–Trinajstić information content (AvgIpc) is 3.01. The number of benzene rings is 2. The molecule has 0 aliphatic carbocycles. The van der Waals surface area contributed by atoms with Crippen LogP contribution in [0.4, 0.5) is 10.1 Å². The third kappa shape index (κ3) is 3.79. The normalized spacial score (nSPS) is 16.8. The van der Waals surface area contributed by atoms with Crippen molar-refractivity contribution in [3.63, 3.8) is 0 Å². The first-order chi connectivity index (χ1) is 12.1. The largest absolute Gasteiger partial charge is 0.497 e. The van der Waals surface area contributed by atoms with Crippen molar-refractivity contribution in [2.45, 2.75) is 6.42 Å². The van der Waals surface area contributed by atoms with E-state index in [9.17, 15) is 14.0 Å². The van der Waals surface area contributed by atoms with Gasteiger partial charge in [0.15, 0.2) is 0 Å². The molecule has 1 heterocycles. The molecule has 0 saturated carbocycles. The molecule has 130 valence electrons. The molecule has 1 fully saturated rings. The predicted molar refractivity (Wildman–Crippen MR) is 92.2 cm³/mol. The van der Waals surface area contributed by atoms with Crippen molar-refractivity contribution in [1.29, 1.82) is 0 Å². The van der Waals surface area contributed by atoms with E-state index in [1.807, 2.05) is 12.1 Å². The number of hydrogen-bond acceptors (Lipinski definition) is 3. The highest BCUT2D eigenvalue weighted by Crippen LogP contribution is 2.26. The summed E-state index contributed by atoms with van der Waals surface area (Å²) in [6.45, 7) is 0.842. The molecule has 5 nitrogen and oxygen atoms in total. The minimum Gasteiger partial charge on any atom is -0.497 e. The standard InChI is InChI=1S/C19H19FN2O3/c1-25-15-8-6-14(7-9-15)22-12-13(10-18(22)23)11-21-19(24)16-4-2-3-5-17(16)20/h2-9,13H,10-12H2,1H3,(H,21,24)/t13-/m1/s1. The first-order valence-corrected chi connectivity index (χ1v) is 8.05. The van der Waals surface area contributed by atoms with Crippen molar-refractivity contribution in [3.8, 4) is 5.75 Å². The molecule has 1 saturated heterocycles. The first kappa shape index (κ1) is 17.0. The molecule has 2 aromatic carbocycles. The van der Waals surface area contributed by atoms with Gasteiger partial charge in [-0.25, -0.2) is 4.39 Å². The van der Waals surface area contributed by atoms with Crippen LogP contribution in [0.2, 0.25) is 0 Å². The molecule has 0 spiro atoms. The summed E-state index contributed by atoms with van der Waals surface area (Å²) in [7, 11) is 1.59. The fourth-order valence-corrected chi connectivity index (χ4v) is 2.91. The number of rotatable bonds is 5. The van der Waals surface area contributed by atoms with Crippen LogP contribution in [0, 0.1) is 11.7 Å². The lowest BCUT2D eigenvalue weighted by Gasteiger charge is -2.17. The minimum atomic E-state index is -0.553. The Balaban J connectivity index is 1.59. The van der Waals surface area contributed by atoms with Crippen LogP contribution in [0.1, 0.15) is 16.8 Å². The van der Waals surface area contributed by atoms with Crippen molar-refractivity contribution < 1.29 is 18.7 Å². The molecule has 2 aromatic rings. The second kappa shape index (κ2) is 7.34. The van der Waals surface area contributed by atoms with E-state index in [4.69, 9.17) is 4.74 Å². The van der Waals surface area contributed by atoms with Gasteiger partial charge >= 0.3 is 0 Å². The maximum Gasteiger partial charge on any atom is 0.254 e. The van der Waals surface area contributed by atoms with Gasteiger partial charge in [0, 0.05) is 31.1 Å². The summed E-state index contributed by atoms with van der Waals surface area (Å²) in [6, 6.07) is 13.1. The Morgan fingerprint density at radius 2 is 1.96 bits per heavy atom. The van der Waals surface area contributed by atoms with E-state index < -0.39 is 11.7 Å². The van der Waals surface area contributed by atoms with Gasteiger partial charge in [0.05, 0.1) is 12.7 Å². The molecule has 1 aliphatic heterocycles. The van der Waals surface area contributed by atoms with E-state index in [1.54, 1.807) is 30.2 Å². The molecule has 3 rings (SSSR count). The van der Waals surface area contributed by atoms with Gasteiger partial charge in [0.2, 0.25) is 5.91 Å². The third-order valence-electron chi connectivity index (χ3n) is 4.26. The van der Waals surface area contributed by atoms with E-state index in [2.05, 4.69) is 5.32 Å². The topological polar surface area (TPSA) is 58.6 Å². The first-order valence-electron chi connectivity index (χ1n) is 8.05. The molecule has 6 heteroatoms. The van der Waals surface area contributed by atoms with Crippen LogP contribution in [0.3, 0.4) is 0 Å². The highest BCUT2D eigenvalue weighted by Gasteiger charge is 2.30. The minimum absolute atomic E-state index is 0.00896. The van der Waals surface area contributed by atoms with Gasteiger partial charge in [-0.3, -0.25) is 9.59 Å². The van der Waals surface area contributed by atoms with Gasteiger partial charge in [-0.2, -0.15) is 0 Å². The molecular weight excluding hydrogens is 323 g/mol. The van der Waals surface area contributed by atoms with Crippen LogP contribution in [0.15, 0.2) is 48.5 Å². The molecule has 1 aliphatic rings. The van der Waals surface area contributed by atoms with Crippen molar-refractivity contribution in [1.82, 2.24) is 5.32 Å². The number of methoxy groups -OCH3 is 1. The number of halogens is 1. The molecule has 25 heavy (non-hydrogen) atoms. The molecule has 1 atom stereocenters. The smallest absolute Gasteiger partial charge is 0.254 e. The van der Waals surface area contributed by atoms with Crippen molar-refractivity contribution in [2.75, 3.05) is 25.1 Å². The number of hydrogen-bond donors (Lipinski definition) is 1. The molecule has 0 unspecified atom stereocenters. The lowest BCUT2D eigenvalue weighted by Crippen LogP contribution is -2.31. The van der Waals surface area contributed by atoms with Crippen molar-refractivity contribution in [3.05, 3.63) is 59.9 Å². The number of ether oxygens (including phenoxy) is 1. The summed E-state index contributed by atoms with van der Waals surface area (Å²) in [5.74, 6) is -0.291. The second-order valence-electron chi connectivity index (χ2n) is 5.96. The summed E-state index contributed by atoms with van der Waals surface area (Å²) in [5.41, 5.74) is 0.813. The van der Waals surface area contributed by atoms with Gasteiger partial charge in [-0.1, -0.05) is 12.1 Å². The van der Waals surface area contributed by atoms with Crippen molar-refractivity contribution >= 4 is 17.5 Å². The number of carbonyl (C=O) groups is 2. The van der Waals surface area contributed by atoms with Gasteiger partial charge in [0.1, 0.15) is 11.6 Å². The monoisotopic (exact) mass is 342 g/mol. The Bertz CT molecular complexity index is 776. The van der Waals surface area contributed by atoms with Crippen LogP contribution in [-0.4, -0.2) is 32.0 Å². The zero-order chi connectivity index (χ0) is 17.8. The highest BCUT2D eigenvalue weighted by molar-refractivity contribution is 5.96. The fraction of sp³-hybridized carbons (Fsp3) is 0.263. The summed E-state index contributed by atoms with van der Waals surface area (Å²) < 4.78 is 18.7. The Labute approximate surface area is 145 Å². The lowest BCUT2D eigenvalue weighted by molar-refractivity contribution is -0.117. The number of anilines is 1. The summed E-state index contributed by atoms with van der Waals surface area (Å²) in [6.07, 6.45) is 0.351. The molecule has 1 N–H and O–H groups in total. The van der Waals surface area contributed by atoms with E-state index in [-0.39, 0.29) is 17.4 Å². The SMILES string of the molecule is COc1ccc(N2C[C@@H](CNC(=O)c3ccccc3F)CC2=O)cc1. The Morgan fingerprint density at radius 3 is 2.64 bits per heavy atom. The van der Waals surface area contributed by atoms with E-state index in [0.717, 1.165) is 11.4 Å². The maximum atomic E-state index is 13.6. The second-order valence-corrected chi connectivity index (χ2v) is 5.96. The lowest BCUT2D eigenvalue weighted by atomic mass is 10.1. The number of amides is 2. The Morgan fingerprint density at radius 1 is 1.24 bits per heavy atom. The van der Waals surface area contributed by atoms with Crippen LogP contribution < -0.4 is 15.0 Å². The number of nitrogens with zero attached hydrogens (tertiary/aromatic N) is 1. The average molecular weight is 342 g/mol. The molecule has 2 amide bonds. The Kier molecular flexibility index (Phi) is 4.97. The van der Waals surface area contributed by atoms with Gasteiger partial charge < -0.3 is 15.0 Å². The quantitative estimate of drug-likeness (QED) is 0.909. The van der Waals surface area contributed by atoms with Crippen LogP contribution in [0.5, 0.6) is 5.75 Å². The highest BCUT2D eigenvalue weighted by atomic mass is 19.1. The predicted octanol–water partition coefficient (Wildman–Crippen LogP) is 2.62. The van der Waals surface area contributed by atoms with Crippen LogP contribution in [-0.2, 0) is 4.79 Å². The molecule has 0 radical (unpaired) electrons. The summed E-state index contributed by atoms with van der Waals surface area (Å²) in [5, 5.41) is 2.71. The Hall–Kier alpha value is -2.89. The maximum absolute atomic E-state index is 13.6. The van der Waals surface area contributed by atoms with E-state index in [0.29, 0.717) is 19.5 Å². The third-order valence-corrected chi connectivity index (χ3v) is 4.26. The van der Waals surface area contributed by atoms with Crippen molar-refractivity contribution in [2.24, 2.45) is 5.92 Å². The molecule has 0 aromatic heterocycles. The molecule has 0 bridgehead atoms. The van der Waals surface area contributed by atoms with Gasteiger partial charge in [-0.15, -0.1) is 0 Å². The van der Waals surface area contributed by atoms with Crippen LogP contribution >= 0.6 is 0 Å². The fourth-order valence-electron chi connectivity index (χ4n) is 2.91. The van der Waals surface area contributed by atoms with Crippen LogP contribution in [0.25, 0.3) is 0 Å².